The number of H-pyrrole nitrogens is 1. The molecular formula is C103H108N38O2S. The molecule has 40 nitrogen and oxygen atoms in total. The number of hydrogen-bond donors (Lipinski definition) is 9. The van der Waals surface area contributed by atoms with Gasteiger partial charge in [-0.3, -0.25) is 50.2 Å². The largest absolute Gasteiger partial charge is 0.508 e. The van der Waals surface area contributed by atoms with E-state index in [1.54, 1.807) is 100 Å². The van der Waals surface area contributed by atoms with Crippen molar-refractivity contribution in [2.75, 3.05) is 89.5 Å². The van der Waals surface area contributed by atoms with E-state index in [0.717, 1.165) is 202 Å². The van der Waals surface area contributed by atoms with Gasteiger partial charge in [0.2, 0.25) is 0 Å². The molecule has 0 atom stereocenters. The van der Waals surface area contributed by atoms with Crippen molar-refractivity contribution in [1.29, 1.82) is 0 Å². The zero-order valence-electron chi connectivity index (χ0n) is 81.6. The fraction of sp³-hybridized carbons (Fsp3) is 0.204. The molecule has 41 heteroatoms. The number of piperidine rings is 1. The maximum Gasteiger partial charge on any atom is 0.180 e. The molecule has 728 valence electrons. The summed E-state index contributed by atoms with van der Waals surface area (Å²) in [7, 11) is 15.7. The number of furan rings is 1. The average molecular weight is 1940 g/mol. The summed E-state index contributed by atoms with van der Waals surface area (Å²) in [6.07, 6.45) is 55.9. The van der Waals surface area contributed by atoms with Crippen LogP contribution in [-0.2, 0) is 28.2 Å². The normalized spacial score (nSPS) is 11.9. The van der Waals surface area contributed by atoms with Crippen molar-refractivity contribution in [3.63, 3.8) is 0 Å². The first kappa shape index (κ1) is 94.7. The van der Waals surface area contributed by atoms with Crippen LogP contribution in [0, 0.1) is 12.8 Å². The smallest absolute Gasteiger partial charge is 0.180 e. The second-order valence-corrected chi connectivity index (χ2v) is 36.3. The van der Waals surface area contributed by atoms with Crippen LogP contribution in [0.1, 0.15) is 69.3 Å². The lowest BCUT2D eigenvalue weighted by Crippen LogP contribution is -2.27. The Morgan fingerprint density at radius 1 is 0.424 bits per heavy atom. The molecule has 0 unspecified atom stereocenters. The zero-order chi connectivity index (χ0) is 99.4. The van der Waals surface area contributed by atoms with Crippen LogP contribution in [-0.4, -0.2) is 193 Å². The molecule has 144 heavy (non-hydrogen) atoms. The van der Waals surface area contributed by atoms with Crippen molar-refractivity contribution in [3.05, 3.63) is 306 Å². The van der Waals surface area contributed by atoms with E-state index in [9.17, 15) is 5.11 Å². The quantitative estimate of drug-likeness (QED) is 0.0269. The fourth-order valence-electron chi connectivity index (χ4n) is 16.4. The second-order valence-electron chi connectivity index (χ2n) is 35.5. The highest BCUT2D eigenvalue weighted by Gasteiger charge is 2.24. The van der Waals surface area contributed by atoms with Gasteiger partial charge in [-0.25, -0.2) is 59.8 Å². The molecule has 0 spiro atoms. The molecule has 1 aliphatic rings. The maximum absolute atomic E-state index is 9.36. The van der Waals surface area contributed by atoms with Crippen LogP contribution < -0.4 is 47.0 Å². The first-order valence-electron chi connectivity index (χ1n) is 46.7. The number of aromatic amines is 1. The molecule has 20 heterocycles. The summed E-state index contributed by atoms with van der Waals surface area (Å²) in [4.78, 5) is 58.4. The Morgan fingerprint density at radius 2 is 0.826 bits per heavy atom. The molecule has 1 saturated heterocycles. The summed E-state index contributed by atoms with van der Waals surface area (Å²) in [6.45, 7) is 13.6. The molecule has 0 bridgehead atoms. The van der Waals surface area contributed by atoms with Crippen molar-refractivity contribution < 1.29 is 9.52 Å². The first-order valence-corrected chi connectivity index (χ1v) is 47.5. The number of aromatic hydroxyl groups is 1. The summed E-state index contributed by atoms with van der Waals surface area (Å²) < 4.78 is 28.8. The van der Waals surface area contributed by atoms with E-state index < -0.39 is 0 Å². The van der Waals surface area contributed by atoms with E-state index in [-0.39, 0.29) is 5.75 Å². The summed E-state index contributed by atoms with van der Waals surface area (Å²) >= 11 is 1.44. The van der Waals surface area contributed by atoms with Gasteiger partial charge in [-0.15, -0.1) is 0 Å². The molecule has 0 radical (unpaired) electrons. The third-order valence-corrected chi connectivity index (χ3v) is 24.6. The minimum atomic E-state index is 0.224. The Bertz CT molecular complexity index is 8080. The number of rotatable bonds is 23. The van der Waals surface area contributed by atoms with Crippen molar-refractivity contribution in [2.24, 2.45) is 34.1 Å². The van der Waals surface area contributed by atoms with Gasteiger partial charge < -0.3 is 56.5 Å². The van der Waals surface area contributed by atoms with Crippen molar-refractivity contribution >= 4 is 119 Å². The van der Waals surface area contributed by atoms with Crippen molar-refractivity contribution in [2.45, 2.75) is 59.3 Å². The summed E-state index contributed by atoms with van der Waals surface area (Å²) in [6, 6.07) is 35.5. The summed E-state index contributed by atoms with van der Waals surface area (Å²) in [5.74, 6) is 6.13. The number of nitrogens with one attached hydrogen (secondary N) is 8. The van der Waals surface area contributed by atoms with Crippen LogP contribution in [0.4, 0.5) is 74.0 Å². The van der Waals surface area contributed by atoms with Crippen LogP contribution >= 0.6 is 11.5 Å². The number of benzene rings is 4. The predicted molar refractivity (Wildman–Crippen MR) is 564 cm³/mol. The van der Waals surface area contributed by atoms with E-state index in [2.05, 4.69) is 224 Å². The standard InChI is InChI=1S/C19H22N8S.C19H20N6.C18H17N5O.C17H17N7.C16H14N6O.C14H18N6/c1-12-7-17(28-25-12)24-18-19-21-9-16(14-8-22-26(2)10-14)27(19)11-15(23-18)13-3-5-20-6-4-13;1-13(2)14-4-6-16(7-5-14)23-18-19-21-11-17(25(19)9-8-20-18)15-10-22-24(3)12-15;1-22(2)15-5-3-4-14(10-15)21-17-18-20-11-16(13-6-9-24-12-13)23(18)8-7-19-17;1-23(2)14-5-3-4-13(8-14)22-16-17-19-11-15(12-9-20-21-10-12)24(17)7-6-18-16;1-21-10-11(8-19-21)14-9-18-16-15(17-6-7-22(14)16)20-12-2-4-13(23)5-3-12;1-10(2)6-16-13-14-17-8-12(20(14)5-4-15-13)11-7-18-19(3)9-11/h7-11,13,20H,3-6H2,1-2H3,(H,23,24);4-13H,1-3H3,(H,20,23);3-12H,1-2H3,(H,19,21);3-11H,1-2H3,(H,18,22)(H,20,21);2-10,23H,1H3,(H,17,20);4-5,7-10H,6H2,1-3H3,(H,15,16). The molecule has 1 aliphatic heterocycles. The molecule has 24 rings (SSSR count). The maximum atomic E-state index is 9.36. The number of imidazole rings is 6. The molecule has 4 aromatic carbocycles. The van der Waals surface area contributed by atoms with Crippen molar-refractivity contribution in [1.82, 2.24) is 145 Å². The Kier molecular flexibility index (Phi) is 28.0. The monoisotopic (exact) mass is 1940 g/mol. The van der Waals surface area contributed by atoms with E-state index in [0.29, 0.717) is 35.2 Å². The van der Waals surface area contributed by atoms with E-state index in [4.69, 9.17) is 9.40 Å². The van der Waals surface area contributed by atoms with Gasteiger partial charge in [-0.1, -0.05) is 52.0 Å². The Morgan fingerprint density at radius 3 is 1.21 bits per heavy atom. The number of anilines is 13. The van der Waals surface area contributed by atoms with Gasteiger partial charge in [0.25, 0.3) is 0 Å². The van der Waals surface area contributed by atoms with Gasteiger partial charge in [-0.05, 0) is 147 Å². The Balaban J connectivity index is 0.000000110. The minimum absolute atomic E-state index is 0.224. The van der Waals surface area contributed by atoms with E-state index in [1.807, 2.05) is 238 Å². The van der Waals surface area contributed by atoms with Gasteiger partial charge in [0.1, 0.15) is 10.8 Å². The molecule has 1 fully saturated rings. The minimum Gasteiger partial charge on any atom is -0.508 e. The highest BCUT2D eigenvalue weighted by atomic mass is 32.1. The van der Waals surface area contributed by atoms with Crippen LogP contribution in [0.15, 0.2) is 293 Å². The number of nitrogens with zero attached hydrogens (tertiary/aromatic N) is 30. The highest BCUT2D eigenvalue weighted by molar-refractivity contribution is 7.10. The van der Waals surface area contributed by atoms with Gasteiger partial charge in [0.05, 0.1) is 126 Å². The molecule has 19 aromatic heterocycles. The third kappa shape index (κ3) is 21.6. The van der Waals surface area contributed by atoms with Gasteiger partial charge in [-0.2, -0.15) is 29.9 Å². The number of hydrogen-bond acceptors (Lipinski definition) is 30. The summed E-state index contributed by atoms with van der Waals surface area (Å²) in [5, 5.41) is 57.6. The number of aryl methyl sites for hydroxylation is 5. The van der Waals surface area contributed by atoms with E-state index in [1.165, 1.54) is 17.1 Å². The zero-order valence-corrected chi connectivity index (χ0v) is 82.4. The predicted octanol–water partition coefficient (Wildman–Crippen LogP) is 18.6. The van der Waals surface area contributed by atoms with Crippen LogP contribution in [0.2, 0.25) is 0 Å². The van der Waals surface area contributed by atoms with Crippen LogP contribution in [0.5, 0.6) is 5.75 Å². The first-order chi connectivity index (χ1) is 70.1. The van der Waals surface area contributed by atoms with Crippen molar-refractivity contribution in [3.8, 4) is 73.3 Å². The molecule has 0 aliphatic carbocycles. The SMILES string of the molecule is CC(C)CNc1nccn2c(-c3cnn(C)c3)cnc12.CC(C)c1ccc(Nc2nccn3c(-c4cnn(C)c4)cnc23)cc1.CN(C)c1cccc(Nc2nccn3c(-c4ccoc4)cnc23)c1.CN(C)c1cccc(Nc2nccn3c(-c4cn[nH]c4)cnc23)c1.Cc1cc(Nc2nc(C3CCNCC3)cn3c(-c4cnn(C)c4)cnc23)sn1.Cn1cc(-c2cnc3c(Nc4ccc(O)cc4)nccn23)cn1. The Labute approximate surface area is 831 Å². The molecule has 0 saturated carbocycles. The van der Waals surface area contributed by atoms with Crippen LogP contribution in [0.3, 0.4) is 0 Å². The summed E-state index contributed by atoms with van der Waals surface area (Å²) in [5.41, 5.74) is 26.1. The molecule has 0 amide bonds. The fourth-order valence-corrected chi connectivity index (χ4v) is 17.0. The highest BCUT2D eigenvalue weighted by Crippen LogP contribution is 2.37. The third-order valence-electron chi connectivity index (χ3n) is 23.8. The van der Waals surface area contributed by atoms with Gasteiger partial charge >= 0.3 is 0 Å². The average Bonchev–Trinajstić information content (AvgIpc) is 1.62. The van der Waals surface area contributed by atoms with Crippen LogP contribution in [0.25, 0.3) is 101 Å². The van der Waals surface area contributed by atoms with Gasteiger partial charge in [0, 0.05) is 235 Å². The number of fused-ring (bicyclic) bond motifs is 6. The Hall–Kier alpha value is -18.3. The number of aromatic nitrogens is 29. The molecular weight excluding hydrogens is 1830 g/mol. The number of phenolic OH excluding ortho intramolecular Hbond substituents is 1. The topological polar surface area (TPSA) is 418 Å². The number of phenols is 1. The lowest BCUT2D eigenvalue weighted by atomic mass is 9.95. The molecule has 9 N–H and O–H groups in total. The second kappa shape index (κ2) is 42.6. The molecule has 23 aromatic rings. The lowest BCUT2D eigenvalue weighted by Gasteiger charge is -2.23. The lowest BCUT2D eigenvalue weighted by molar-refractivity contribution is 0.452. The van der Waals surface area contributed by atoms with Gasteiger partial charge in [0.15, 0.2) is 68.8 Å². The van der Waals surface area contributed by atoms with E-state index >= 15 is 0 Å².